The number of methoxy groups -OCH3 is 1. The van der Waals surface area contributed by atoms with Crippen LogP contribution in [0.25, 0.3) is 0 Å². The van der Waals surface area contributed by atoms with Gasteiger partial charge in [0, 0.05) is 6.07 Å². The average molecular weight is 434 g/mol. The maximum absolute atomic E-state index is 13.1. The fourth-order valence-corrected chi connectivity index (χ4v) is 4.55. The molecule has 0 aliphatic carbocycles. The molecule has 0 radical (unpaired) electrons. The number of benzene rings is 2. The lowest BCUT2D eigenvalue weighted by Crippen LogP contribution is -2.36. The smallest absolute Gasteiger partial charge is 0.324 e. The van der Waals surface area contributed by atoms with Gasteiger partial charge in [-0.05, 0) is 31.2 Å². The highest BCUT2D eigenvalue weighted by Crippen LogP contribution is 2.38. The van der Waals surface area contributed by atoms with Crippen molar-refractivity contribution in [3.8, 4) is 11.5 Å². The Kier molecular flexibility index (Phi) is 6.80. The first-order chi connectivity index (χ1) is 12.7. The van der Waals surface area contributed by atoms with Crippen LogP contribution in [0.1, 0.15) is 6.92 Å². The van der Waals surface area contributed by atoms with E-state index in [4.69, 9.17) is 32.7 Å². The molecule has 2 aromatic rings. The number of carbonyl (C=O) groups is 1. The number of rotatable bonds is 8. The summed E-state index contributed by atoms with van der Waals surface area (Å²) in [6, 6.07) is 8.65. The summed E-state index contributed by atoms with van der Waals surface area (Å²) in [5, 5.41) is 8.88. The Morgan fingerprint density at radius 3 is 2.48 bits per heavy atom. The maximum atomic E-state index is 13.1. The molecule has 0 heterocycles. The lowest BCUT2D eigenvalue weighted by atomic mass is 10.3. The molecule has 1 N–H and O–H groups in total. The van der Waals surface area contributed by atoms with E-state index in [1.165, 1.54) is 31.4 Å². The molecule has 7 nitrogen and oxygen atoms in total. The number of sulfonamides is 1. The van der Waals surface area contributed by atoms with Crippen LogP contribution in [0.15, 0.2) is 41.3 Å². The summed E-state index contributed by atoms with van der Waals surface area (Å²) in [6.45, 7) is 1.34. The van der Waals surface area contributed by atoms with Gasteiger partial charge in [0.2, 0.25) is 0 Å². The van der Waals surface area contributed by atoms with E-state index in [0.29, 0.717) is 12.4 Å². The number of carboxylic acid groups (broad SMARTS) is 1. The van der Waals surface area contributed by atoms with E-state index in [1.807, 2.05) is 0 Å². The number of hydrogen-bond donors (Lipinski definition) is 1. The Balaban J connectivity index is 2.61. The van der Waals surface area contributed by atoms with E-state index < -0.39 is 22.5 Å². The van der Waals surface area contributed by atoms with Gasteiger partial charge in [0.1, 0.15) is 28.0 Å². The fourth-order valence-electron chi connectivity index (χ4n) is 2.32. The highest BCUT2D eigenvalue weighted by molar-refractivity contribution is 7.93. The molecule has 2 rings (SSSR count). The molecule has 0 bridgehead atoms. The van der Waals surface area contributed by atoms with Crippen LogP contribution in [0.5, 0.6) is 11.5 Å². The standard InChI is InChI=1S/C17H17Cl2NO6S/c1-3-26-12-6-4-5-11(9-12)20(10-15(21)22)27(23,24)14-8-7-13(25-2)16(18)17(14)19/h4-9H,3,10H2,1-2H3,(H,21,22). The van der Waals surface area contributed by atoms with Crippen molar-refractivity contribution in [3.05, 3.63) is 46.4 Å². The third-order valence-electron chi connectivity index (χ3n) is 3.49. The summed E-state index contributed by atoms with van der Waals surface area (Å²) >= 11 is 12.2. The van der Waals surface area contributed by atoms with Crippen LogP contribution >= 0.6 is 23.2 Å². The molecule has 27 heavy (non-hydrogen) atoms. The summed E-state index contributed by atoms with van der Waals surface area (Å²) in [5.74, 6) is -0.737. The summed E-state index contributed by atoms with van der Waals surface area (Å²) in [6.07, 6.45) is 0. The summed E-state index contributed by atoms with van der Waals surface area (Å²) < 4.78 is 37.4. The lowest BCUT2D eigenvalue weighted by Gasteiger charge is -2.24. The average Bonchev–Trinajstić information content (AvgIpc) is 2.62. The first kappa shape index (κ1) is 21.1. The van der Waals surface area contributed by atoms with Gasteiger partial charge in [-0.1, -0.05) is 29.3 Å². The van der Waals surface area contributed by atoms with Gasteiger partial charge in [-0.3, -0.25) is 9.10 Å². The zero-order valence-corrected chi connectivity index (χ0v) is 16.8. The number of nitrogens with zero attached hydrogens (tertiary/aromatic N) is 1. The van der Waals surface area contributed by atoms with Crippen LogP contribution in [0.3, 0.4) is 0 Å². The number of aliphatic carboxylic acids is 1. The monoisotopic (exact) mass is 433 g/mol. The maximum Gasteiger partial charge on any atom is 0.324 e. The molecule has 0 atom stereocenters. The first-order valence-electron chi connectivity index (χ1n) is 7.71. The summed E-state index contributed by atoms with van der Waals surface area (Å²) in [7, 11) is -2.97. The van der Waals surface area contributed by atoms with Crippen LogP contribution < -0.4 is 13.8 Å². The zero-order valence-electron chi connectivity index (χ0n) is 14.5. The molecule has 146 valence electrons. The molecule has 0 saturated carbocycles. The third kappa shape index (κ3) is 4.58. The van der Waals surface area contributed by atoms with Crippen molar-refractivity contribution in [1.29, 1.82) is 0 Å². The number of carboxylic acids is 1. The van der Waals surface area contributed by atoms with Gasteiger partial charge in [-0.25, -0.2) is 8.42 Å². The molecule has 0 unspecified atom stereocenters. The second-order valence-electron chi connectivity index (χ2n) is 5.23. The Labute approximate surface area is 167 Å². The van der Waals surface area contributed by atoms with E-state index in [-0.39, 0.29) is 26.4 Å². The molecule has 10 heteroatoms. The quantitative estimate of drug-likeness (QED) is 0.682. The van der Waals surface area contributed by atoms with Crippen molar-refractivity contribution in [2.45, 2.75) is 11.8 Å². The van der Waals surface area contributed by atoms with Gasteiger partial charge in [0.15, 0.2) is 0 Å². The van der Waals surface area contributed by atoms with Crippen LogP contribution in [0, 0.1) is 0 Å². The third-order valence-corrected chi connectivity index (χ3v) is 6.29. The Bertz CT molecular complexity index is 948. The minimum Gasteiger partial charge on any atom is -0.495 e. The van der Waals surface area contributed by atoms with Crippen LogP contribution in [-0.4, -0.2) is 39.8 Å². The van der Waals surface area contributed by atoms with Crippen LogP contribution in [0.4, 0.5) is 5.69 Å². The van der Waals surface area contributed by atoms with Gasteiger partial charge in [-0.15, -0.1) is 0 Å². The van der Waals surface area contributed by atoms with Crippen molar-refractivity contribution in [3.63, 3.8) is 0 Å². The highest BCUT2D eigenvalue weighted by atomic mass is 35.5. The Morgan fingerprint density at radius 1 is 1.19 bits per heavy atom. The number of hydrogen-bond acceptors (Lipinski definition) is 5. The molecule has 0 amide bonds. The molecule has 0 aromatic heterocycles. The van der Waals surface area contributed by atoms with E-state index in [0.717, 1.165) is 4.31 Å². The van der Waals surface area contributed by atoms with Crippen molar-refractivity contribution < 1.29 is 27.8 Å². The van der Waals surface area contributed by atoms with E-state index in [9.17, 15) is 18.3 Å². The van der Waals surface area contributed by atoms with Gasteiger partial charge < -0.3 is 14.6 Å². The molecule has 2 aromatic carbocycles. The highest BCUT2D eigenvalue weighted by Gasteiger charge is 2.31. The summed E-state index contributed by atoms with van der Waals surface area (Å²) in [4.78, 5) is 11.0. The number of anilines is 1. The molecular weight excluding hydrogens is 417 g/mol. The van der Waals surface area contributed by atoms with E-state index in [2.05, 4.69) is 0 Å². The molecule has 0 fully saturated rings. The SMILES string of the molecule is CCOc1cccc(N(CC(=O)O)S(=O)(=O)c2ccc(OC)c(Cl)c2Cl)c1. The second kappa shape index (κ2) is 8.69. The first-order valence-corrected chi connectivity index (χ1v) is 9.91. The van der Waals surface area contributed by atoms with Gasteiger partial charge in [-0.2, -0.15) is 0 Å². The van der Waals surface area contributed by atoms with Crippen LogP contribution in [-0.2, 0) is 14.8 Å². The van der Waals surface area contributed by atoms with Gasteiger partial charge in [0.05, 0.1) is 24.4 Å². The molecule has 0 aliphatic rings. The van der Waals surface area contributed by atoms with Gasteiger partial charge >= 0.3 is 5.97 Å². The van der Waals surface area contributed by atoms with Crippen molar-refractivity contribution in [2.24, 2.45) is 0 Å². The van der Waals surface area contributed by atoms with Crippen molar-refractivity contribution in [1.82, 2.24) is 0 Å². The topological polar surface area (TPSA) is 93.1 Å². The van der Waals surface area contributed by atoms with Crippen molar-refractivity contribution in [2.75, 3.05) is 24.6 Å². The van der Waals surface area contributed by atoms with Crippen molar-refractivity contribution >= 4 is 44.9 Å². The molecule has 0 saturated heterocycles. The second-order valence-corrected chi connectivity index (χ2v) is 7.82. The Hall–Kier alpha value is -2.16. The fraction of sp³-hybridized carbons (Fsp3) is 0.235. The minimum absolute atomic E-state index is 0.0846. The molecular formula is C17H17Cl2NO6S. The summed E-state index contributed by atoms with van der Waals surface area (Å²) in [5.41, 5.74) is 0.117. The van der Waals surface area contributed by atoms with Crippen LogP contribution in [0.2, 0.25) is 10.0 Å². The molecule has 0 spiro atoms. The predicted molar refractivity (Wildman–Crippen MR) is 103 cm³/mol. The van der Waals surface area contributed by atoms with Gasteiger partial charge in [0.25, 0.3) is 10.0 Å². The zero-order chi connectivity index (χ0) is 20.2. The molecule has 0 aliphatic heterocycles. The van der Waals surface area contributed by atoms with E-state index in [1.54, 1.807) is 19.1 Å². The number of ether oxygens (including phenoxy) is 2. The lowest BCUT2D eigenvalue weighted by molar-refractivity contribution is -0.135. The minimum atomic E-state index is -4.33. The number of halogens is 2. The Morgan fingerprint density at radius 2 is 1.89 bits per heavy atom. The van der Waals surface area contributed by atoms with E-state index >= 15 is 0 Å². The normalized spacial score (nSPS) is 11.1. The predicted octanol–water partition coefficient (Wildman–Crippen LogP) is 3.68. The largest absolute Gasteiger partial charge is 0.495 e.